The number of nitrogens with one attached hydrogen (secondary N) is 1. The SMILES string of the molecule is O=C(NC(c1ccccc1)c1ccccc1)N1CCc2cnc(N3CCOCC3)nc2C1. The molecule has 0 spiro atoms. The maximum Gasteiger partial charge on any atom is 0.318 e. The van der Waals surface area contributed by atoms with Crippen LogP contribution in [0.25, 0.3) is 0 Å². The van der Waals surface area contributed by atoms with Crippen molar-refractivity contribution in [2.75, 3.05) is 37.7 Å². The second-order valence-corrected chi connectivity index (χ2v) is 8.12. The standard InChI is InChI=1S/C25H27N5O2/c31-25(28-23(19-7-3-1-4-8-19)20-9-5-2-6-10-20)30-12-11-21-17-26-24(27-22(21)18-30)29-13-15-32-16-14-29/h1-10,17,23H,11-16,18H2,(H,28,31). The summed E-state index contributed by atoms with van der Waals surface area (Å²) in [5, 5.41) is 3.24. The molecule has 1 N–H and O–H groups in total. The minimum Gasteiger partial charge on any atom is -0.378 e. The summed E-state index contributed by atoms with van der Waals surface area (Å²) in [6.45, 7) is 4.09. The lowest BCUT2D eigenvalue weighted by Crippen LogP contribution is -2.45. The third kappa shape index (κ3) is 4.43. The van der Waals surface area contributed by atoms with E-state index in [9.17, 15) is 4.79 Å². The molecule has 5 rings (SSSR count). The molecule has 0 aliphatic carbocycles. The van der Waals surface area contributed by atoms with Gasteiger partial charge in [-0.1, -0.05) is 60.7 Å². The van der Waals surface area contributed by atoms with Crippen LogP contribution in [0.5, 0.6) is 0 Å². The molecule has 2 aromatic carbocycles. The summed E-state index contributed by atoms with van der Waals surface area (Å²) < 4.78 is 5.43. The summed E-state index contributed by atoms with van der Waals surface area (Å²) in [7, 11) is 0. The van der Waals surface area contributed by atoms with Gasteiger partial charge in [0.25, 0.3) is 0 Å². The molecular weight excluding hydrogens is 402 g/mol. The molecular formula is C25H27N5O2. The van der Waals surface area contributed by atoms with Crippen LogP contribution < -0.4 is 10.2 Å². The number of amides is 2. The Labute approximate surface area is 188 Å². The summed E-state index contributed by atoms with van der Waals surface area (Å²) in [4.78, 5) is 26.6. The first-order chi connectivity index (χ1) is 15.8. The van der Waals surface area contributed by atoms with Crippen molar-refractivity contribution in [3.63, 3.8) is 0 Å². The van der Waals surface area contributed by atoms with E-state index in [0.29, 0.717) is 26.3 Å². The number of benzene rings is 2. The Balaban J connectivity index is 1.33. The van der Waals surface area contributed by atoms with Crippen molar-refractivity contribution in [1.82, 2.24) is 20.2 Å². The predicted octanol–water partition coefficient (Wildman–Crippen LogP) is 3.17. The fourth-order valence-corrected chi connectivity index (χ4v) is 4.25. The number of fused-ring (bicyclic) bond motifs is 1. The lowest BCUT2D eigenvalue weighted by Gasteiger charge is -2.32. The maximum absolute atomic E-state index is 13.3. The van der Waals surface area contributed by atoms with Crippen LogP contribution in [0.2, 0.25) is 0 Å². The molecule has 3 aromatic rings. The fourth-order valence-electron chi connectivity index (χ4n) is 4.25. The van der Waals surface area contributed by atoms with Gasteiger partial charge in [-0.25, -0.2) is 14.8 Å². The molecule has 0 unspecified atom stereocenters. The number of ether oxygens (including phenoxy) is 1. The molecule has 1 aromatic heterocycles. The minimum atomic E-state index is -0.208. The normalized spacial score (nSPS) is 16.0. The number of aromatic nitrogens is 2. The number of hydrogen-bond donors (Lipinski definition) is 1. The Hall–Kier alpha value is -3.45. The van der Waals surface area contributed by atoms with Crippen LogP contribution >= 0.6 is 0 Å². The smallest absolute Gasteiger partial charge is 0.318 e. The minimum absolute atomic E-state index is 0.0834. The number of rotatable bonds is 4. The van der Waals surface area contributed by atoms with Crippen LogP contribution in [0.1, 0.15) is 28.4 Å². The van der Waals surface area contributed by atoms with Gasteiger partial charge in [-0.15, -0.1) is 0 Å². The number of nitrogens with zero attached hydrogens (tertiary/aromatic N) is 4. The van der Waals surface area contributed by atoms with Gasteiger partial charge in [0.1, 0.15) is 0 Å². The van der Waals surface area contributed by atoms with E-state index in [1.807, 2.05) is 71.8 Å². The molecule has 1 saturated heterocycles. The van der Waals surface area contributed by atoms with Gasteiger partial charge >= 0.3 is 6.03 Å². The zero-order valence-corrected chi connectivity index (χ0v) is 18.0. The summed E-state index contributed by atoms with van der Waals surface area (Å²) in [5.41, 5.74) is 4.16. The number of anilines is 1. The number of carbonyl (C=O) groups is 1. The number of urea groups is 1. The molecule has 32 heavy (non-hydrogen) atoms. The van der Waals surface area contributed by atoms with E-state index in [1.54, 1.807) is 0 Å². The zero-order chi connectivity index (χ0) is 21.8. The first kappa shape index (κ1) is 20.5. The third-order valence-corrected chi connectivity index (χ3v) is 6.05. The highest BCUT2D eigenvalue weighted by atomic mass is 16.5. The summed E-state index contributed by atoms with van der Waals surface area (Å²) >= 11 is 0. The van der Waals surface area contributed by atoms with E-state index in [2.05, 4.69) is 15.2 Å². The van der Waals surface area contributed by atoms with Crippen molar-refractivity contribution in [1.29, 1.82) is 0 Å². The first-order valence-corrected chi connectivity index (χ1v) is 11.1. The van der Waals surface area contributed by atoms with Crippen LogP contribution in [-0.2, 0) is 17.7 Å². The molecule has 164 valence electrons. The van der Waals surface area contributed by atoms with Crippen LogP contribution in [0.15, 0.2) is 66.9 Å². The summed E-state index contributed by atoms with van der Waals surface area (Å²) in [6.07, 6.45) is 2.67. The molecule has 2 aliphatic heterocycles. The highest BCUT2D eigenvalue weighted by Crippen LogP contribution is 2.24. The average molecular weight is 430 g/mol. The molecule has 0 atom stereocenters. The van der Waals surface area contributed by atoms with Gasteiger partial charge < -0.3 is 19.9 Å². The Morgan fingerprint density at radius 3 is 2.25 bits per heavy atom. The monoisotopic (exact) mass is 429 g/mol. The predicted molar refractivity (Wildman–Crippen MR) is 122 cm³/mol. The lowest BCUT2D eigenvalue weighted by molar-refractivity contribution is 0.122. The topological polar surface area (TPSA) is 70.6 Å². The number of carbonyl (C=O) groups excluding carboxylic acids is 1. The van der Waals surface area contributed by atoms with E-state index in [1.165, 1.54) is 0 Å². The second kappa shape index (κ2) is 9.36. The Morgan fingerprint density at radius 1 is 0.938 bits per heavy atom. The fraction of sp³-hybridized carbons (Fsp3) is 0.320. The highest BCUT2D eigenvalue weighted by molar-refractivity contribution is 5.75. The lowest BCUT2D eigenvalue weighted by atomic mass is 9.99. The van der Waals surface area contributed by atoms with Crippen molar-refractivity contribution in [2.45, 2.75) is 19.0 Å². The van der Waals surface area contributed by atoms with Gasteiger partial charge in [0.15, 0.2) is 0 Å². The molecule has 7 heteroatoms. The van der Waals surface area contributed by atoms with Gasteiger partial charge in [-0.2, -0.15) is 0 Å². The van der Waals surface area contributed by atoms with Crippen molar-refractivity contribution >= 4 is 12.0 Å². The molecule has 0 saturated carbocycles. The van der Waals surface area contributed by atoms with Gasteiger partial charge in [0.2, 0.25) is 5.95 Å². The Morgan fingerprint density at radius 2 is 1.59 bits per heavy atom. The first-order valence-electron chi connectivity index (χ1n) is 11.1. The van der Waals surface area contributed by atoms with Gasteiger partial charge in [-0.05, 0) is 23.1 Å². The Bertz CT molecular complexity index is 1010. The average Bonchev–Trinajstić information content (AvgIpc) is 2.88. The van der Waals surface area contributed by atoms with Crippen molar-refractivity contribution in [2.24, 2.45) is 0 Å². The molecule has 0 bridgehead atoms. The van der Waals surface area contributed by atoms with Crippen LogP contribution in [0.3, 0.4) is 0 Å². The zero-order valence-electron chi connectivity index (χ0n) is 18.0. The second-order valence-electron chi connectivity index (χ2n) is 8.12. The van der Waals surface area contributed by atoms with Gasteiger partial charge in [0, 0.05) is 25.8 Å². The number of hydrogen-bond acceptors (Lipinski definition) is 5. The molecule has 3 heterocycles. The largest absolute Gasteiger partial charge is 0.378 e. The van der Waals surface area contributed by atoms with Crippen LogP contribution in [0.4, 0.5) is 10.7 Å². The quantitative estimate of drug-likeness (QED) is 0.690. The van der Waals surface area contributed by atoms with Crippen LogP contribution in [0, 0.1) is 0 Å². The molecule has 7 nitrogen and oxygen atoms in total. The van der Waals surface area contributed by atoms with E-state index in [0.717, 1.165) is 47.8 Å². The molecule has 2 aliphatic rings. The summed E-state index contributed by atoms with van der Waals surface area (Å²) in [5.74, 6) is 0.723. The molecule has 0 radical (unpaired) electrons. The third-order valence-electron chi connectivity index (χ3n) is 6.05. The maximum atomic E-state index is 13.3. The van der Waals surface area contributed by atoms with E-state index < -0.39 is 0 Å². The van der Waals surface area contributed by atoms with E-state index >= 15 is 0 Å². The van der Waals surface area contributed by atoms with Crippen molar-refractivity contribution in [3.05, 3.63) is 89.2 Å². The molecule has 2 amide bonds. The van der Waals surface area contributed by atoms with Gasteiger partial charge in [-0.3, -0.25) is 0 Å². The van der Waals surface area contributed by atoms with Crippen LogP contribution in [-0.4, -0.2) is 53.7 Å². The van der Waals surface area contributed by atoms with Crippen molar-refractivity contribution < 1.29 is 9.53 Å². The number of morpholine rings is 1. The van der Waals surface area contributed by atoms with E-state index in [4.69, 9.17) is 9.72 Å². The van der Waals surface area contributed by atoms with Gasteiger partial charge in [0.05, 0.1) is 31.5 Å². The van der Waals surface area contributed by atoms with Crippen molar-refractivity contribution in [3.8, 4) is 0 Å². The Kier molecular flexibility index (Phi) is 5.98. The van der Waals surface area contributed by atoms with E-state index in [-0.39, 0.29) is 12.1 Å². The molecule has 1 fully saturated rings. The summed E-state index contributed by atoms with van der Waals surface area (Å²) in [6, 6.07) is 19.9. The highest BCUT2D eigenvalue weighted by Gasteiger charge is 2.26.